The molecule has 2 atom stereocenters. The second-order valence-electron chi connectivity index (χ2n) is 6.72. The average molecular weight is 309 g/mol. The fourth-order valence-corrected chi connectivity index (χ4v) is 3.99. The lowest BCUT2D eigenvalue weighted by Crippen LogP contribution is -2.46. The molecule has 1 unspecified atom stereocenters. The number of fused-ring (bicyclic) bond motifs is 2. The van der Waals surface area contributed by atoms with Crippen LogP contribution >= 0.6 is 0 Å². The summed E-state index contributed by atoms with van der Waals surface area (Å²) in [5.74, 6) is 0.0882. The van der Waals surface area contributed by atoms with Crippen LogP contribution in [-0.2, 0) is 11.2 Å². The van der Waals surface area contributed by atoms with E-state index in [9.17, 15) is 4.79 Å². The van der Waals surface area contributed by atoms with Crippen LogP contribution in [0.2, 0.25) is 0 Å². The number of amides is 1. The van der Waals surface area contributed by atoms with Crippen LogP contribution in [0.4, 0.5) is 0 Å². The molecule has 4 nitrogen and oxygen atoms in total. The highest BCUT2D eigenvalue weighted by molar-refractivity contribution is 5.99. The lowest BCUT2D eigenvalue weighted by molar-refractivity contribution is -0.124. The molecule has 4 heteroatoms. The van der Waals surface area contributed by atoms with E-state index in [4.69, 9.17) is 0 Å². The number of nitrogens with one attached hydrogen (secondary N) is 2. The number of carbonyl (C=O) groups is 1. The van der Waals surface area contributed by atoms with E-state index >= 15 is 0 Å². The Labute approximate surface area is 136 Å². The van der Waals surface area contributed by atoms with Crippen LogP contribution in [0.3, 0.4) is 0 Å². The van der Waals surface area contributed by atoms with Crippen molar-refractivity contribution in [2.24, 2.45) is 5.92 Å². The molecule has 1 amide bonds. The van der Waals surface area contributed by atoms with Crippen LogP contribution in [-0.4, -0.2) is 42.0 Å². The molecule has 1 aromatic carbocycles. The van der Waals surface area contributed by atoms with Gasteiger partial charge in [-0.3, -0.25) is 9.69 Å². The molecule has 2 aromatic rings. The topological polar surface area (TPSA) is 48.1 Å². The molecule has 2 N–H and O–H groups in total. The lowest BCUT2D eigenvalue weighted by Gasteiger charge is -2.39. The van der Waals surface area contributed by atoms with E-state index in [0.29, 0.717) is 6.04 Å². The molecule has 0 spiro atoms. The number of aromatic nitrogens is 1. The lowest BCUT2D eigenvalue weighted by atomic mass is 9.80. The van der Waals surface area contributed by atoms with E-state index in [1.165, 1.54) is 27.6 Å². The Kier molecular flexibility index (Phi) is 3.49. The molecule has 1 aliphatic heterocycles. The molecule has 1 aliphatic carbocycles. The summed E-state index contributed by atoms with van der Waals surface area (Å²) in [6.07, 6.45) is 6.33. The summed E-state index contributed by atoms with van der Waals surface area (Å²) in [5.41, 5.74) is 5.18. The van der Waals surface area contributed by atoms with Crippen molar-refractivity contribution in [1.82, 2.24) is 15.2 Å². The van der Waals surface area contributed by atoms with Gasteiger partial charge in [0.15, 0.2) is 0 Å². The Bertz CT molecular complexity index is 789. The van der Waals surface area contributed by atoms with Crippen molar-refractivity contribution in [3.8, 4) is 0 Å². The first-order valence-corrected chi connectivity index (χ1v) is 8.48. The molecule has 4 rings (SSSR count). The monoisotopic (exact) mass is 309 g/mol. The Balaban J connectivity index is 1.77. The van der Waals surface area contributed by atoms with Gasteiger partial charge in [-0.2, -0.15) is 0 Å². The first-order valence-electron chi connectivity index (χ1n) is 8.48. The minimum absolute atomic E-state index is 0.0615. The van der Waals surface area contributed by atoms with E-state index in [-0.39, 0.29) is 11.8 Å². The van der Waals surface area contributed by atoms with Gasteiger partial charge in [0.05, 0.1) is 5.92 Å². The van der Waals surface area contributed by atoms with Crippen molar-refractivity contribution in [2.75, 3.05) is 20.1 Å². The van der Waals surface area contributed by atoms with Crippen molar-refractivity contribution >= 4 is 22.4 Å². The smallest absolute Gasteiger partial charge is 0.228 e. The van der Waals surface area contributed by atoms with E-state index in [1.54, 1.807) is 0 Å². The number of nitrogens with zero attached hydrogens (tertiary/aromatic N) is 1. The predicted octanol–water partition coefficient (Wildman–Crippen LogP) is 2.56. The van der Waals surface area contributed by atoms with Crippen molar-refractivity contribution < 1.29 is 4.79 Å². The van der Waals surface area contributed by atoms with E-state index in [1.807, 2.05) is 0 Å². The summed E-state index contributed by atoms with van der Waals surface area (Å²) in [6.45, 7) is 3.62. The van der Waals surface area contributed by atoms with Crippen LogP contribution in [0.5, 0.6) is 0 Å². The summed E-state index contributed by atoms with van der Waals surface area (Å²) >= 11 is 0. The fraction of sp³-hybridized carbons (Fsp3) is 0.421. The van der Waals surface area contributed by atoms with Gasteiger partial charge in [-0.15, -0.1) is 0 Å². The molecule has 0 saturated heterocycles. The summed E-state index contributed by atoms with van der Waals surface area (Å²) in [7, 11) is 2.13. The van der Waals surface area contributed by atoms with Crippen molar-refractivity contribution in [3.05, 3.63) is 41.6 Å². The summed E-state index contributed by atoms with van der Waals surface area (Å²) in [6, 6.07) is 6.79. The van der Waals surface area contributed by atoms with Gasteiger partial charge >= 0.3 is 0 Å². The van der Waals surface area contributed by atoms with Gasteiger partial charge in [0.1, 0.15) is 0 Å². The van der Waals surface area contributed by atoms with Gasteiger partial charge in [-0.05, 0) is 42.7 Å². The molecule has 120 valence electrons. The van der Waals surface area contributed by atoms with E-state index in [0.717, 1.165) is 25.9 Å². The Morgan fingerprint density at radius 1 is 1.43 bits per heavy atom. The summed E-state index contributed by atoms with van der Waals surface area (Å²) in [5, 5.41) is 4.37. The van der Waals surface area contributed by atoms with Gasteiger partial charge in [0.25, 0.3) is 0 Å². The Morgan fingerprint density at radius 2 is 2.30 bits per heavy atom. The fourth-order valence-electron chi connectivity index (χ4n) is 3.99. The number of H-pyrrole nitrogens is 1. The zero-order valence-corrected chi connectivity index (χ0v) is 13.7. The Morgan fingerprint density at radius 3 is 3.13 bits per heavy atom. The second kappa shape index (κ2) is 5.53. The van der Waals surface area contributed by atoms with Gasteiger partial charge < -0.3 is 10.3 Å². The third-order valence-corrected chi connectivity index (χ3v) is 5.15. The van der Waals surface area contributed by atoms with Crippen molar-refractivity contribution in [1.29, 1.82) is 0 Å². The Hall–Kier alpha value is -2.07. The minimum atomic E-state index is -0.0615. The van der Waals surface area contributed by atoms with Gasteiger partial charge in [-0.1, -0.05) is 25.1 Å². The number of aromatic amines is 1. The molecule has 2 heterocycles. The van der Waals surface area contributed by atoms with E-state index < -0.39 is 0 Å². The van der Waals surface area contributed by atoms with Crippen LogP contribution in [0.15, 0.2) is 30.5 Å². The molecule has 0 radical (unpaired) electrons. The molecular formula is C19H23N3O. The molecule has 0 saturated carbocycles. The standard InChI is InChI=1S/C19H23N3O/c1-3-7-20-19(23)13-8-15-14-5-4-6-16-18(14)12(10-21-16)9-17(15)22(2)11-13/h4-6,8,10,13,17,21H,3,7,9,11H2,1-2H3,(H,20,23)/t13-,17?/m1/s1. The average Bonchev–Trinajstić information content (AvgIpc) is 2.98. The highest BCUT2D eigenvalue weighted by Crippen LogP contribution is 2.40. The van der Waals surface area contributed by atoms with Crippen LogP contribution in [0.1, 0.15) is 24.5 Å². The summed E-state index contributed by atoms with van der Waals surface area (Å²) in [4.78, 5) is 18.1. The quantitative estimate of drug-likeness (QED) is 0.915. The first kappa shape index (κ1) is 14.5. The SMILES string of the molecule is CCCNC(=O)[C@@H]1C=C2c3cccc4[nH]cc(c34)CC2N(C)C1. The van der Waals surface area contributed by atoms with Gasteiger partial charge in [0.2, 0.25) is 5.91 Å². The molecule has 2 aliphatic rings. The van der Waals surface area contributed by atoms with Crippen LogP contribution < -0.4 is 5.32 Å². The van der Waals surface area contributed by atoms with Crippen molar-refractivity contribution in [2.45, 2.75) is 25.8 Å². The summed E-state index contributed by atoms with van der Waals surface area (Å²) < 4.78 is 0. The number of benzene rings is 1. The third kappa shape index (κ3) is 2.29. The normalized spacial score (nSPS) is 23.5. The number of hydrogen-bond donors (Lipinski definition) is 2. The second-order valence-corrected chi connectivity index (χ2v) is 6.72. The van der Waals surface area contributed by atoms with Gasteiger partial charge in [0, 0.05) is 36.2 Å². The minimum Gasteiger partial charge on any atom is -0.361 e. The molecular weight excluding hydrogens is 286 g/mol. The number of carbonyl (C=O) groups excluding carboxylic acids is 1. The molecule has 23 heavy (non-hydrogen) atoms. The number of rotatable bonds is 3. The third-order valence-electron chi connectivity index (χ3n) is 5.15. The first-order chi connectivity index (χ1) is 11.2. The maximum atomic E-state index is 12.4. The van der Waals surface area contributed by atoms with Crippen molar-refractivity contribution in [3.63, 3.8) is 0 Å². The molecule has 0 fully saturated rings. The molecule has 0 bridgehead atoms. The zero-order valence-electron chi connectivity index (χ0n) is 13.7. The largest absolute Gasteiger partial charge is 0.361 e. The predicted molar refractivity (Wildman–Crippen MR) is 93.2 cm³/mol. The number of hydrogen-bond acceptors (Lipinski definition) is 2. The van der Waals surface area contributed by atoms with E-state index in [2.05, 4.69) is 59.6 Å². The zero-order chi connectivity index (χ0) is 16.0. The van der Waals surface area contributed by atoms with Crippen LogP contribution in [0.25, 0.3) is 16.5 Å². The number of likely N-dealkylation sites (N-methyl/N-ethyl adjacent to an activating group) is 1. The maximum Gasteiger partial charge on any atom is 0.228 e. The highest BCUT2D eigenvalue weighted by Gasteiger charge is 2.35. The maximum absolute atomic E-state index is 12.4. The molecule has 1 aromatic heterocycles. The van der Waals surface area contributed by atoms with Gasteiger partial charge in [-0.25, -0.2) is 0 Å². The van der Waals surface area contributed by atoms with Crippen LogP contribution in [0, 0.1) is 5.92 Å². The highest BCUT2D eigenvalue weighted by atomic mass is 16.1.